The van der Waals surface area contributed by atoms with Gasteiger partial charge in [-0.15, -0.1) is 11.3 Å². The minimum absolute atomic E-state index is 0.0103. The van der Waals surface area contributed by atoms with Crippen LogP contribution in [0.4, 0.5) is 0 Å². The molecule has 1 aromatic carbocycles. The first-order valence-electron chi connectivity index (χ1n) is 6.98. The van der Waals surface area contributed by atoms with Crippen molar-refractivity contribution in [2.75, 3.05) is 0 Å². The predicted molar refractivity (Wildman–Crippen MR) is 88.0 cm³/mol. The molecule has 0 unspecified atom stereocenters. The van der Waals surface area contributed by atoms with Crippen LogP contribution >= 0.6 is 11.3 Å². The lowest BCUT2D eigenvalue weighted by Crippen LogP contribution is -2.23. The van der Waals surface area contributed by atoms with Crippen molar-refractivity contribution < 1.29 is 4.79 Å². The fourth-order valence-corrected chi connectivity index (χ4v) is 3.68. The summed E-state index contributed by atoms with van der Waals surface area (Å²) in [7, 11) is 0. The predicted octanol–water partition coefficient (Wildman–Crippen LogP) is 4.08. The molecule has 108 valence electrons. The van der Waals surface area contributed by atoms with E-state index in [2.05, 4.69) is 17.2 Å². The molecule has 3 aromatic rings. The topological polar surface area (TPSA) is 44.9 Å². The van der Waals surface area contributed by atoms with Gasteiger partial charge in [-0.05, 0) is 31.9 Å². The van der Waals surface area contributed by atoms with E-state index in [4.69, 9.17) is 0 Å². The largest absolute Gasteiger partial charge is 0.357 e. The van der Waals surface area contributed by atoms with Gasteiger partial charge < -0.3 is 10.3 Å². The summed E-state index contributed by atoms with van der Waals surface area (Å²) in [6, 6.07) is 9.96. The summed E-state index contributed by atoms with van der Waals surface area (Å²) in [4.78, 5) is 16.9. The van der Waals surface area contributed by atoms with Gasteiger partial charge in [0.05, 0.1) is 15.8 Å². The normalized spacial score (nSPS) is 11.0. The summed E-state index contributed by atoms with van der Waals surface area (Å²) in [5.74, 6) is -0.0103. The number of benzene rings is 1. The van der Waals surface area contributed by atoms with Crippen LogP contribution in [0, 0.1) is 20.8 Å². The van der Waals surface area contributed by atoms with E-state index in [-0.39, 0.29) is 5.91 Å². The molecule has 2 N–H and O–H groups in total. The highest BCUT2D eigenvalue weighted by Crippen LogP contribution is 2.34. The lowest BCUT2D eigenvalue weighted by molar-refractivity contribution is 0.0952. The minimum Gasteiger partial charge on any atom is -0.357 e. The van der Waals surface area contributed by atoms with Crippen molar-refractivity contribution in [3.05, 3.63) is 57.6 Å². The minimum atomic E-state index is -0.0103. The number of hydrogen-bond donors (Lipinski definition) is 2. The van der Waals surface area contributed by atoms with Crippen LogP contribution < -0.4 is 5.32 Å². The molecule has 0 bridgehead atoms. The molecule has 0 saturated heterocycles. The molecule has 2 aromatic heterocycles. The Morgan fingerprint density at radius 2 is 1.90 bits per heavy atom. The van der Waals surface area contributed by atoms with Crippen molar-refractivity contribution in [3.63, 3.8) is 0 Å². The Labute approximate surface area is 128 Å². The fraction of sp³-hybridized carbons (Fsp3) is 0.235. The van der Waals surface area contributed by atoms with Crippen molar-refractivity contribution in [3.8, 4) is 0 Å². The molecular formula is C17H18N2OS. The van der Waals surface area contributed by atoms with Crippen molar-refractivity contribution in [2.45, 2.75) is 27.3 Å². The Kier molecular flexibility index (Phi) is 3.55. The maximum atomic E-state index is 12.5. The summed E-state index contributed by atoms with van der Waals surface area (Å²) in [5, 5.41) is 3.01. The molecule has 0 aliphatic heterocycles. The first kappa shape index (κ1) is 13.9. The molecule has 2 heterocycles. The molecule has 3 rings (SSSR count). The van der Waals surface area contributed by atoms with Gasteiger partial charge in [0.2, 0.25) is 0 Å². The van der Waals surface area contributed by atoms with E-state index in [1.54, 1.807) is 11.3 Å². The second-order valence-electron chi connectivity index (χ2n) is 5.28. The van der Waals surface area contributed by atoms with Gasteiger partial charge in [0.15, 0.2) is 0 Å². The van der Waals surface area contributed by atoms with Crippen LogP contribution in [0.5, 0.6) is 0 Å². The SMILES string of the molecule is Cc1[nH]c2c(C(=O)NCc3ccccc3)c(C)sc2c1C. The van der Waals surface area contributed by atoms with E-state index in [0.717, 1.165) is 27.2 Å². The van der Waals surface area contributed by atoms with Crippen molar-refractivity contribution in [2.24, 2.45) is 0 Å². The quantitative estimate of drug-likeness (QED) is 0.751. The van der Waals surface area contributed by atoms with Gasteiger partial charge in [0.25, 0.3) is 5.91 Å². The van der Waals surface area contributed by atoms with Crippen LogP contribution in [0.1, 0.15) is 32.1 Å². The summed E-state index contributed by atoms with van der Waals surface area (Å²) in [6.45, 7) is 6.69. The number of aryl methyl sites for hydroxylation is 3. The van der Waals surface area contributed by atoms with Crippen LogP contribution in [0.3, 0.4) is 0 Å². The van der Waals surface area contributed by atoms with Crippen molar-refractivity contribution in [1.29, 1.82) is 0 Å². The average molecular weight is 298 g/mol. The second kappa shape index (κ2) is 5.37. The van der Waals surface area contributed by atoms with Crippen molar-refractivity contribution in [1.82, 2.24) is 10.3 Å². The van der Waals surface area contributed by atoms with E-state index >= 15 is 0 Å². The summed E-state index contributed by atoms with van der Waals surface area (Å²) in [6.07, 6.45) is 0. The third-order valence-corrected chi connectivity index (χ3v) is 5.05. The maximum Gasteiger partial charge on any atom is 0.254 e. The standard InChI is InChI=1S/C17H18N2OS/c1-10-11(2)19-15-14(12(3)21-16(10)15)17(20)18-9-13-7-5-4-6-8-13/h4-8,19H,9H2,1-3H3,(H,18,20). The summed E-state index contributed by atoms with van der Waals surface area (Å²) >= 11 is 1.68. The number of H-pyrrole nitrogens is 1. The number of rotatable bonds is 3. The van der Waals surface area contributed by atoms with Crippen LogP contribution in [-0.4, -0.2) is 10.9 Å². The smallest absolute Gasteiger partial charge is 0.254 e. The molecule has 0 fully saturated rings. The fourth-order valence-electron chi connectivity index (χ4n) is 2.52. The van der Waals surface area contributed by atoms with Gasteiger partial charge in [-0.2, -0.15) is 0 Å². The highest BCUT2D eigenvalue weighted by atomic mass is 32.1. The van der Waals surface area contributed by atoms with Crippen LogP contribution in [0.25, 0.3) is 10.2 Å². The average Bonchev–Trinajstić information content (AvgIpc) is 2.94. The Morgan fingerprint density at radius 1 is 1.19 bits per heavy atom. The van der Waals surface area contributed by atoms with Gasteiger partial charge in [-0.25, -0.2) is 0 Å². The third kappa shape index (κ3) is 2.47. The number of thiophene rings is 1. The first-order chi connectivity index (χ1) is 10.1. The highest BCUT2D eigenvalue weighted by molar-refractivity contribution is 7.19. The van der Waals surface area contributed by atoms with Gasteiger partial charge in [-0.1, -0.05) is 30.3 Å². The molecule has 4 heteroatoms. The molecular weight excluding hydrogens is 280 g/mol. The molecule has 21 heavy (non-hydrogen) atoms. The maximum absolute atomic E-state index is 12.5. The summed E-state index contributed by atoms with van der Waals surface area (Å²) in [5.41, 5.74) is 5.22. The third-order valence-electron chi connectivity index (χ3n) is 3.82. The monoisotopic (exact) mass is 298 g/mol. The Morgan fingerprint density at radius 3 is 2.62 bits per heavy atom. The molecule has 0 saturated carbocycles. The number of carbonyl (C=O) groups excluding carboxylic acids is 1. The number of aromatic nitrogens is 1. The summed E-state index contributed by atoms with van der Waals surface area (Å²) < 4.78 is 1.19. The Hall–Kier alpha value is -2.07. The second-order valence-corrected chi connectivity index (χ2v) is 6.51. The number of nitrogens with one attached hydrogen (secondary N) is 2. The van der Waals surface area contributed by atoms with E-state index in [1.165, 1.54) is 10.3 Å². The highest BCUT2D eigenvalue weighted by Gasteiger charge is 2.19. The van der Waals surface area contributed by atoms with Crippen LogP contribution in [-0.2, 0) is 6.54 Å². The van der Waals surface area contributed by atoms with Crippen LogP contribution in [0.15, 0.2) is 30.3 Å². The Balaban J connectivity index is 1.88. The molecule has 0 aliphatic rings. The molecule has 0 radical (unpaired) electrons. The van der Waals surface area contributed by atoms with E-state index < -0.39 is 0 Å². The van der Waals surface area contributed by atoms with E-state index in [0.29, 0.717) is 6.54 Å². The number of hydrogen-bond acceptors (Lipinski definition) is 2. The van der Waals surface area contributed by atoms with Gasteiger partial charge in [0.1, 0.15) is 0 Å². The van der Waals surface area contributed by atoms with E-state index in [1.807, 2.05) is 44.2 Å². The number of aromatic amines is 1. The zero-order valence-electron chi connectivity index (χ0n) is 12.4. The van der Waals surface area contributed by atoms with Crippen LogP contribution in [0.2, 0.25) is 0 Å². The molecule has 3 nitrogen and oxygen atoms in total. The Bertz CT molecular complexity index is 799. The first-order valence-corrected chi connectivity index (χ1v) is 7.80. The zero-order chi connectivity index (χ0) is 15.0. The lowest BCUT2D eigenvalue weighted by Gasteiger charge is -2.05. The van der Waals surface area contributed by atoms with Gasteiger partial charge in [-0.3, -0.25) is 4.79 Å². The lowest BCUT2D eigenvalue weighted by atomic mass is 10.2. The molecule has 1 amide bonds. The van der Waals surface area contributed by atoms with Crippen molar-refractivity contribution >= 4 is 27.5 Å². The van der Waals surface area contributed by atoms with Gasteiger partial charge in [0, 0.05) is 17.1 Å². The molecule has 0 aliphatic carbocycles. The van der Waals surface area contributed by atoms with Gasteiger partial charge >= 0.3 is 0 Å². The van der Waals surface area contributed by atoms with E-state index in [9.17, 15) is 4.79 Å². The number of amides is 1. The number of fused-ring (bicyclic) bond motifs is 1. The molecule has 0 atom stereocenters. The molecule has 0 spiro atoms. The zero-order valence-corrected chi connectivity index (χ0v) is 13.2. The number of carbonyl (C=O) groups is 1.